The van der Waals surface area contributed by atoms with E-state index in [0.29, 0.717) is 4.47 Å². The average molecular weight is 458 g/mol. The van der Waals surface area contributed by atoms with Crippen molar-refractivity contribution >= 4 is 37.5 Å². The maximum Gasteiger partial charge on any atom is 0.273 e. The Hall–Kier alpha value is -2.34. The van der Waals surface area contributed by atoms with Gasteiger partial charge in [-0.15, -0.1) is 0 Å². The largest absolute Gasteiger partial charge is 0.289 e. The second-order valence-electron chi connectivity index (χ2n) is 5.54. The summed E-state index contributed by atoms with van der Waals surface area (Å²) >= 11 is 3.21. The van der Waals surface area contributed by atoms with Crippen LogP contribution in [0.4, 0.5) is 5.69 Å². The van der Waals surface area contributed by atoms with Gasteiger partial charge in [-0.25, -0.2) is 13.9 Å². The normalized spacial score (nSPS) is 12.6. The second kappa shape index (κ2) is 8.57. The topological polar surface area (TPSA) is 130 Å². The van der Waals surface area contributed by atoms with Crippen LogP contribution in [0.3, 0.4) is 0 Å². The van der Waals surface area contributed by atoms with Gasteiger partial charge in [0.05, 0.1) is 9.82 Å². The van der Waals surface area contributed by atoms with Gasteiger partial charge in [-0.3, -0.25) is 20.1 Å². The Kier molecular flexibility index (Phi) is 6.65. The third-order valence-corrected chi connectivity index (χ3v) is 6.32. The lowest BCUT2D eigenvalue weighted by Crippen LogP contribution is -2.46. The Bertz CT molecular complexity index is 949. The zero-order valence-electron chi connectivity index (χ0n) is 14.1. The molecule has 0 aliphatic carbocycles. The highest BCUT2D eigenvalue weighted by atomic mass is 79.9. The summed E-state index contributed by atoms with van der Waals surface area (Å²) in [6, 6.07) is 10.1. The van der Waals surface area contributed by atoms with Gasteiger partial charge < -0.3 is 0 Å². The third-order valence-electron chi connectivity index (χ3n) is 3.86. The van der Waals surface area contributed by atoms with Crippen molar-refractivity contribution in [3.63, 3.8) is 0 Å². The molecule has 0 bridgehead atoms. The van der Waals surface area contributed by atoms with Gasteiger partial charge in [-0.1, -0.05) is 34.1 Å². The number of rotatable bonds is 7. The highest BCUT2D eigenvalue weighted by Gasteiger charge is 2.34. The number of nitrogens with zero attached hydrogens (tertiary/aromatic N) is 2. The van der Waals surface area contributed by atoms with E-state index in [1.165, 1.54) is 60.9 Å². The predicted molar refractivity (Wildman–Crippen MR) is 99.4 cm³/mol. The fourth-order valence-electron chi connectivity index (χ4n) is 2.39. The molecule has 0 radical (unpaired) electrons. The number of nitrogens with one attached hydrogen (secondary N) is 1. The van der Waals surface area contributed by atoms with Gasteiger partial charge in [0.1, 0.15) is 6.04 Å². The number of sulfonamides is 1. The minimum absolute atomic E-state index is 0.0955. The molecule has 0 fully saturated rings. The fraction of sp³-hybridized carbons (Fsp3) is 0.188. The monoisotopic (exact) mass is 457 g/mol. The van der Waals surface area contributed by atoms with Crippen molar-refractivity contribution in [1.82, 2.24) is 9.79 Å². The molecule has 1 atom stereocenters. The third kappa shape index (κ3) is 4.69. The Morgan fingerprint density at radius 1 is 1.26 bits per heavy atom. The van der Waals surface area contributed by atoms with E-state index in [1.54, 1.807) is 0 Å². The van der Waals surface area contributed by atoms with Crippen LogP contribution in [0.5, 0.6) is 0 Å². The van der Waals surface area contributed by atoms with Gasteiger partial charge in [0, 0.05) is 22.6 Å². The minimum Gasteiger partial charge on any atom is -0.289 e. The van der Waals surface area contributed by atoms with E-state index in [1.807, 2.05) is 0 Å². The first-order valence-electron chi connectivity index (χ1n) is 7.62. The zero-order valence-corrected chi connectivity index (χ0v) is 16.5. The van der Waals surface area contributed by atoms with Crippen molar-refractivity contribution < 1.29 is 23.3 Å². The van der Waals surface area contributed by atoms with Crippen molar-refractivity contribution in [3.8, 4) is 0 Å². The molecule has 0 heterocycles. The number of halogens is 1. The maximum absolute atomic E-state index is 13.1. The van der Waals surface area contributed by atoms with Gasteiger partial charge in [-0.05, 0) is 31.2 Å². The summed E-state index contributed by atoms with van der Waals surface area (Å²) in [6.45, 7) is 0.848. The van der Waals surface area contributed by atoms with E-state index < -0.39 is 33.4 Å². The van der Waals surface area contributed by atoms with Crippen LogP contribution >= 0.6 is 15.9 Å². The molecule has 1 amide bonds. The molecule has 0 saturated heterocycles. The SMILES string of the molecule is CC(C(=O)NO)N(Cc1ccccc1[N+](=O)[O-])S(=O)(=O)c1ccc(Br)cc1. The Labute approximate surface area is 163 Å². The summed E-state index contributed by atoms with van der Waals surface area (Å²) in [6.07, 6.45) is 0. The molecule has 2 N–H and O–H groups in total. The molecule has 1 unspecified atom stereocenters. The summed E-state index contributed by atoms with van der Waals surface area (Å²) in [7, 11) is -4.19. The lowest BCUT2D eigenvalue weighted by Gasteiger charge is -2.27. The van der Waals surface area contributed by atoms with Crippen LogP contribution in [0.2, 0.25) is 0 Å². The number of carbonyl (C=O) groups is 1. The molecule has 2 rings (SSSR count). The van der Waals surface area contributed by atoms with Crippen LogP contribution in [-0.4, -0.2) is 34.8 Å². The number of hydrogen-bond donors (Lipinski definition) is 2. The maximum atomic E-state index is 13.1. The summed E-state index contributed by atoms with van der Waals surface area (Å²) in [5.74, 6) is -0.964. The number of nitro benzene ring substituents is 1. The zero-order chi connectivity index (χ0) is 20.2. The summed E-state index contributed by atoms with van der Waals surface area (Å²) in [4.78, 5) is 22.4. The van der Waals surface area contributed by atoms with Crippen LogP contribution in [-0.2, 0) is 21.4 Å². The van der Waals surface area contributed by atoms with E-state index in [4.69, 9.17) is 5.21 Å². The van der Waals surface area contributed by atoms with Crippen LogP contribution in [0, 0.1) is 10.1 Å². The molecule has 27 heavy (non-hydrogen) atoms. The standard InChI is InChI=1S/C16H16BrN3O6S/c1-11(16(21)18-22)19(10-12-4-2-3-5-15(12)20(23)24)27(25,26)14-8-6-13(17)7-9-14/h2-9,11,22H,10H2,1H3,(H,18,21). The Balaban J connectivity index is 2.54. The average Bonchev–Trinajstić information content (AvgIpc) is 2.65. The number of para-hydroxylation sites is 1. The first-order valence-corrected chi connectivity index (χ1v) is 9.85. The van der Waals surface area contributed by atoms with Gasteiger partial charge in [0.2, 0.25) is 10.0 Å². The second-order valence-corrected chi connectivity index (χ2v) is 8.35. The fourth-order valence-corrected chi connectivity index (χ4v) is 4.22. The van der Waals surface area contributed by atoms with Gasteiger partial charge in [-0.2, -0.15) is 4.31 Å². The van der Waals surface area contributed by atoms with E-state index in [9.17, 15) is 23.3 Å². The summed E-state index contributed by atoms with van der Waals surface area (Å²) < 4.78 is 27.6. The predicted octanol–water partition coefficient (Wildman–Crippen LogP) is 2.44. The number of hydrogen-bond acceptors (Lipinski definition) is 6. The number of hydroxylamine groups is 1. The van der Waals surface area contributed by atoms with Crippen molar-refractivity contribution in [2.75, 3.05) is 0 Å². The number of nitro groups is 1. The van der Waals surface area contributed by atoms with E-state index >= 15 is 0 Å². The Morgan fingerprint density at radius 3 is 2.41 bits per heavy atom. The van der Waals surface area contributed by atoms with Gasteiger partial charge in [0.25, 0.3) is 11.6 Å². The number of carbonyl (C=O) groups excluding carboxylic acids is 1. The molecule has 144 valence electrons. The molecule has 0 aliphatic heterocycles. The van der Waals surface area contributed by atoms with Crippen LogP contribution in [0.1, 0.15) is 12.5 Å². The van der Waals surface area contributed by atoms with E-state index in [-0.39, 0.29) is 16.1 Å². The minimum atomic E-state index is -4.19. The number of amides is 1. The van der Waals surface area contributed by atoms with Crippen molar-refractivity contribution in [2.24, 2.45) is 0 Å². The van der Waals surface area contributed by atoms with Crippen molar-refractivity contribution in [1.29, 1.82) is 0 Å². The first-order chi connectivity index (χ1) is 12.7. The summed E-state index contributed by atoms with van der Waals surface area (Å²) in [5, 5.41) is 20.1. The van der Waals surface area contributed by atoms with Crippen LogP contribution in [0.15, 0.2) is 57.9 Å². The highest BCUT2D eigenvalue weighted by molar-refractivity contribution is 9.10. The quantitative estimate of drug-likeness (QED) is 0.373. The highest BCUT2D eigenvalue weighted by Crippen LogP contribution is 2.26. The number of benzene rings is 2. The molecule has 0 aliphatic rings. The molecular formula is C16H16BrN3O6S. The molecule has 0 spiro atoms. The van der Waals surface area contributed by atoms with Crippen LogP contribution < -0.4 is 5.48 Å². The molecule has 9 nitrogen and oxygen atoms in total. The molecule has 2 aromatic carbocycles. The van der Waals surface area contributed by atoms with Gasteiger partial charge in [0.15, 0.2) is 0 Å². The first kappa shape index (κ1) is 21.0. The molecule has 0 saturated carbocycles. The smallest absolute Gasteiger partial charge is 0.273 e. The van der Waals surface area contributed by atoms with E-state index in [0.717, 1.165) is 4.31 Å². The molecule has 2 aromatic rings. The molecule has 0 aromatic heterocycles. The van der Waals surface area contributed by atoms with Crippen LogP contribution in [0.25, 0.3) is 0 Å². The summed E-state index contributed by atoms with van der Waals surface area (Å²) in [5.41, 5.74) is 1.25. The lowest BCUT2D eigenvalue weighted by molar-refractivity contribution is -0.385. The Morgan fingerprint density at radius 2 is 1.85 bits per heavy atom. The van der Waals surface area contributed by atoms with Crippen molar-refractivity contribution in [2.45, 2.75) is 24.4 Å². The molecular weight excluding hydrogens is 442 g/mol. The van der Waals surface area contributed by atoms with Crippen molar-refractivity contribution in [3.05, 3.63) is 68.7 Å². The van der Waals surface area contributed by atoms with E-state index in [2.05, 4.69) is 15.9 Å². The molecule has 11 heteroatoms. The van der Waals surface area contributed by atoms with Gasteiger partial charge >= 0.3 is 0 Å². The lowest BCUT2D eigenvalue weighted by atomic mass is 10.1.